The molecule has 0 bridgehead atoms. The van der Waals surface area contributed by atoms with E-state index in [0.717, 1.165) is 13.1 Å². The van der Waals surface area contributed by atoms with Gasteiger partial charge in [0.15, 0.2) is 0 Å². The summed E-state index contributed by atoms with van der Waals surface area (Å²) in [6.07, 6.45) is -4.49. The Kier molecular flexibility index (Phi) is 4.74. The fraction of sp³-hybridized carbons (Fsp3) is 0.417. The molecule has 1 aromatic carbocycles. The van der Waals surface area contributed by atoms with Gasteiger partial charge in [0.25, 0.3) is 5.91 Å². The molecule has 0 spiro atoms. The monoisotopic (exact) mass is 278 g/mol. The number of hydrogen-bond donors (Lipinski definition) is 1. The molecule has 0 unspecified atom stereocenters. The number of alkyl halides is 3. The molecule has 1 aromatic rings. The maximum absolute atomic E-state index is 13.5. The summed E-state index contributed by atoms with van der Waals surface area (Å²) in [5, 5.41) is 2.64. The summed E-state index contributed by atoms with van der Waals surface area (Å²) in [6.45, 7) is 0.665. The van der Waals surface area contributed by atoms with Crippen LogP contribution >= 0.6 is 0 Å². The fourth-order valence-electron chi connectivity index (χ4n) is 1.61. The van der Waals surface area contributed by atoms with Crippen LogP contribution in [0.2, 0.25) is 0 Å². The summed E-state index contributed by atoms with van der Waals surface area (Å²) in [7, 11) is 1.02. The highest BCUT2D eigenvalue weighted by Gasteiger charge is 2.32. The molecule has 0 saturated carbocycles. The number of nitrogens with one attached hydrogen (secondary N) is 1. The van der Waals surface area contributed by atoms with Crippen molar-refractivity contribution in [3.8, 4) is 0 Å². The minimum atomic E-state index is -4.49. The van der Waals surface area contributed by atoms with Crippen LogP contribution in [0.1, 0.15) is 17.3 Å². The Morgan fingerprint density at radius 1 is 1.37 bits per heavy atom. The molecule has 0 aromatic heterocycles. The number of rotatable bonds is 4. The Bertz CT molecular complexity index is 460. The van der Waals surface area contributed by atoms with Crippen LogP contribution in [0.15, 0.2) is 18.2 Å². The summed E-state index contributed by atoms with van der Waals surface area (Å²) >= 11 is 0. The maximum Gasteiger partial charge on any atom is 0.406 e. The van der Waals surface area contributed by atoms with Crippen molar-refractivity contribution in [2.45, 2.75) is 13.1 Å². The van der Waals surface area contributed by atoms with Gasteiger partial charge in [-0.05, 0) is 19.1 Å². The van der Waals surface area contributed by atoms with E-state index in [1.54, 1.807) is 6.92 Å². The zero-order valence-electron chi connectivity index (χ0n) is 10.5. The van der Waals surface area contributed by atoms with Crippen LogP contribution in [-0.2, 0) is 0 Å². The lowest BCUT2D eigenvalue weighted by molar-refractivity contribution is -0.138. The van der Waals surface area contributed by atoms with Crippen molar-refractivity contribution in [3.63, 3.8) is 0 Å². The van der Waals surface area contributed by atoms with E-state index in [1.165, 1.54) is 12.1 Å². The standard InChI is InChI=1S/C12H14F4N2O/c1-3-17-10-8(5-4-6-9(10)13)11(19)18(2)7-12(14,15)16/h4-6,17H,3,7H2,1-2H3. The number of nitrogens with zero attached hydrogens (tertiary/aromatic N) is 1. The summed E-state index contributed by atoms with van der Waals surface area (Å²) in [6, 6.07) is 3.71. The predicted molar refractivity (Wildman–Crippen MR) is 63.6 cm³/mol. The number of para-hydroxylation sites is 1. The van der Waals surface area contributed by atoms with Gasteiger partial charge in [0.2, 0.25) is 0 Å². The van der Waals surface area contributed by atoms with Crippen molar-refractivity contribution in [2.24, 2.45) is 0 Å². The minimum absolute atomic E-state index is 0.0796. The van der Waals surface area contributed by atoms with Crippen LogP contribution in [-0.4, -0.2) is 37.1 Å². The van der Waals surface area contributed by atoms with Crippen LogP contribution in [0.5, 0.6) is 0 Å². The van der Waals surface area contributed by atoms with Crippen molar-refractivity contribution < 1.29 is 22.4 Å². The first-order valence-electron chi connectivity index (χ1n) is 5.61. The van der Waals surface area contributed by atoms with Gasteiger partial charge in [-0.3, -0.25) is 4.79 Å². The van der Waals surface area contributed by atoms with E-state index in [4.69, 9.17) is 0 Å². The number of halogens is 4. The van der Waals surface area contributed by atoms with E-state index in [0.29, 0.717) is 11.4 Å². The third kappa shape index (κ3) is 4.11. The van der Waals surface area contributed by atoms with Gasteiger partial charge in [0.1, 0.15) is 12.4 Å². The van der Waals surface area contributed by atoms with Gasteiger partial charge in [-0.25, -0.2) is 4.39 Å². The van der Waals surface area contributed by atoms with Crippen molar-refractivity contribution in [3.05, 3.63) is 29.6 Å². The van der Waals surface area contributed by atoms with Crippen LogP contribution in [0.3, 0.4) is 0 Å². The average Bonchev–Trinajstić information content (AvgIpc) is 2.29. The number of anilines is 1. The number of amides is 1. The molecular formula is C12H14F4N2O. The molecule has 3 nitrogen and oxygen atoms in total. The highest BCUT2D eigenvalue weighted by atomic mass is 19.4. The third-order valence-corrected chi connectivity index (χ3v) is 2.36. The van der Waals surface area contributed by atoms with E-state index in [1.807, 2.05) is 0 Å². The Morgan fingerprint density at radius 2 is 2.00 bits per heavy atom. The number of benzene rings is 1. The first-order valence-corrected chi connectivity index (χ1v) is 5.61. The topological polar surface area (TPSA) is 32.3 Å². The van der Waals surface area contributed by atoms with Crippen molar-refractivity contribution in [1.29, 1.82) is 0 Å². The lowest BCUT2D eigenvalue weighted by Gasteiger charge is -2.20. The van der Waals surface area contributed by atoms with E-state index >= 15 is 0 Å². The first-order chi connectivity index (χ1) is 8.76. The van der Waals surface area contributed by atoms with Crippen LogP contribution in [0.25, 0.3) is 0 Å². The SMILES string of the molecule is CCNc1c(F)cccc1C(=O)N(C)CC(F)(F)F. The normalized spacial score (nSPS) is 11.3. The molecule has 0 heterocycles. The van der Waals surface area contributed by atoms with Gasteiger partial charge in [-0.2, -0.15) is 13.2 Å². The molecule has 19 heavy (non-hydrogen) atoms. The largest absolute Gasteiger partial charge is 0.406 e. The lowest BCUT2D eigenvalue weighted by Crippen LogP contribution is -2.36. The molecule has 0 aliphatic carbocycles. The quantitative estimate of drug-likeness (QED) is 0.859. The Hall–Kier alpha value is -1.79. The third-order valence-electron chi connectivity index (χ3n) is 2.36. The minimum Gasteiger partial charge on any atom is -0.382 e. The van der Waals surface area contributed by atoms with E-state index in [9.17, 15) is 22.4 Å². The van der Waals surface area contributed by atoms with Gasteiger partial charge in [-0.15, -0.1) is 0 Å². The molecule has 0 saturated heterocycles. The van der Waals surface area contributed by atoms with Gasteiger partial charge in [0, 0.05) is 13.6 Å². The first kappa shape index (κ1) is 15.3. The summed E-state index contributed by atoms with van der Waals surface area (Å²) in [5.41, 5.74) is -0.197. The predicted octanol–water partition coefficient (Wildman–Crippen LogP) is 2.89. The molecular weight excluding hydrogens is 264 g/mol. The smallest absolute Gasteiger partial charge is 0.382 e. The zero-order valence-corrected chi connectivity index (χ0v) is 10.5. The van der Waals surface area contributed by atoms with Gasteiger partial charge in [0.05, 0.1) is 11.3 Å². The zero-order chi connectivity index (χ0) is 14.6. The summed E-state index contributed by atoms with van der Waals surface area (Å²) in [4.78, 5) is 12.4. The van der Waals surface area contributed by atoms with Gasteiger partial charge < -0.3 is 10.2 Å². The highest BCUT2D eigenvalue weighted by molar-refractivity contribution is 5.99. The molecule has 1 amide bonds. The maximum atomic E-state index is 13.5. The van der Waals surface area contributed by atoms with Crippen molar-refractivity contribution in [1.82, 2.24) is 4.90 Å². The fourth-order valence-corrected chi connectivity index (χ4v) is 1.61. The molecule has 1 N–H and O–H groups in total. The highest BCUT2D eigenvalue weighted by Crippen LogP contribution is 2.23. The Labute approximate surface area is 108 Å². The van der Waals surface area contributed by atoms with Crippen LogP contribution < -0.4 is 5.32 Å². The van der Waals surface area contributed by atoms with Gasteiger partial charge in [-0.1, -0.05) is 6.07 Å². The van der Waals surface area contributed by atoms with E-state index in [2.05, 4.69) is 5.32 Å². The molecule has 0 atom stereocenters. The number of hydrogen-bond acceptors (Lipinski definition) is 2. The van der Waals surface area contributed by atoms with Gasteiger partial charge >= 0.3 is 6.18 Å². The molecule has 0 aliphatic heterocycles. The molecule has 0 fully saturated rings. The summed E-state index contributed by atoms with van der Waals surface area (Å²) < 4.78 is 50.2. The van der Waals surface area contributed by atoms with Crippen LogP contribution in [0.4, 0.5) is 23.2 Å². The average molecular weight is 278 g/mol. The second-order valence-corrected chi connectivity index (χ2v) is 3.97. The second-order valence-electron chi connectivity index (χ2n) is 3.97. The van der Waals surface area contributed by atoms with E-state index in [-0.39, 0.29) is 11.3 Å². The number of carbonyl (C=O) groups is 1. The number of carbonyl (C=O) groups excluding carboxylic acids is 1. The summed E-state index contributed by atoms with van der Waals surface area (Å²) in [5.74, 6) is -1.55. The molecule has 7 heteroatoms. The molecule has 0 aliphatic rings. The molecule has 106 valence electrons. The second kappa shape index (κ2) is 5.90. The Balaban J connectivity index is 3.02. The van der Waals surface area contributed by atoms with Crippen LogP contribution in [0, 0.1) is 5.82 Å². The van der Waals surface area contributed by atoms with Crippen molar-refractivity contribution >= 4 is 11.6 Å². The van der Waals surface area contributed by atoms with Crippen molar-refractivity contribution in [2.75, 3.05) is 25.5 Å². The Morgan fingerprint density at radius 3 is 2.53 bits per heavy atom. The lowest BCUT2D eigenvalue weighted by atomic mass is 10.1. The van der Waals surface area contributed by atoms with E-state index < -0.39 is 24.4 Å². The molecule has 0 radical (unpaired) electrons. The molecule has 1 rings (SSSR count).